The molecule has 0 spiro atoms. The lowest BCUT2D eigenvalue weighted by atomic mass is 10.1. The molecule has 1 fully saturated rings. The van der Waals surface area contributed by atoms with Gasteiger partial charge < -0.3 is 5.32 Å². The van der Waals surface area contributed by atoms with Crippen LogP contribution >= 0.6 is 11.3 Å². The zero-order valence-electron chi connectivity index (χ0n) is 19.6. The summed E-state index contributed by atoms with van der Waals surface area (Å²) >= 11 is 0.983. The number of Topliss-reactive ketones (excluding diaryl/α,β-unsaturated/α-hetero) is 1. The molecule has 1 aromatic heterocycles. The first-order chi connectivity index (χ1) is 17.6. The maximum Gasteiger partial charge on any atom is 0.313 e. The van der Waals surface area contributed by atoms with Crippen molar-refractivity contribution < 1.29 is 31.2 Å². The Hall–Kier alpha value is -3.35. The number of amides is 2. The quantitative estimate of drug-likeness (QED) is 0.313. The first-order valence-corrected chi connectivity index (χ1v) is 15.3. The third-order valence-corrected chi connectivity index (χ3v) is 10.5. The Morgan fingerprint density at radius 1 is 0.838 bits per heavy atom. The summed E-state index contributed by atoms with van der Waals surface area (Å²) in [6.45, 7) is -0.221. The van der Waals surface area contributed by atoms with E-state index < -0.39 is 37.5 Å². The first kappa shape index (κ1) is 26.7. The van der Waals surface area contributed by atoms with Gasteiger partial charge in [-0.3, -0.25) is 14.4 Å². The van der Waals surface area contributed by atoms with E-state index in [0.717, 1.165) is 24.2 Å². The first-order valence-electron chi connectivity index (χ1n) is 11.5. The Morgan fingerprint density at radius 2 is 1.41 bits per heavy atom. The molecule has 1 aliphatic carbocycles. The smallest absolute Gasteiger partial charge is 0.313 e. The fourth-order valence-corrected chi connectivity index (χ4v) is 8.16. The highest BCUT2D eigenvalue weighted by atomic mass is 32.2. The van der Waals surface area contributed by atoms with Crippen molar-refractivity contribution in [2.45, 2.75) is 40.4 Å². The zero-order chi connectivity index (χ0) is 26.6. The van der Waals surface area contributed by atoms with Crippen molar-refractivity contribution >= 4 is 54.5 Å². The van der Waals surface area contributed by atoms with Crippen LogP contribution in [-0.2, 0) is 34.2 Å². The molecule has 2 amide bonds. The minimum Gasteiger partial charge on any atom is -0.317 e. The van der Waals surface area contributed by atoms with Gasteiger partial charge in [-0.15, -0.1) is 11.3 Å². The predicted molar refractivity (Wildman–Crippen MR) is 137 cm³/mol. The van der Waals surface area contributed by atoms with Crippen molar-refractivity contribution in [3.05, 3.63) is 71.4 Å². The summed E-state index contributed by atoms with van der Waals surface area (Å²) < 4.78 is 53.1. The fourth-order valence-electron chi connectivity index (χ4n) is 4.14. The third kappa shape index (κ3) is 5.65. The van der Waals surface area contributed by atoms with Crippen LogP contribution in [0.25, 0.3) is 0 Å². The number of ketones is 1. The van der Waals surface area contributed by atoms with Crippen LogP contribution in [0.2, 0.25) is 0 Å². The molecule has 0 aliphatic heterocycles. The second-order valence-corrected chi connectivity index (χ2v) is 13.1. The number of sulfone groups is 1. The molecule has 9 nitrogen and oxygen atoms in total. The summed E-state index contributed by atoms with van der Waals surface area (Å²) in [4.78, 5) is 38.4. The topological polar surface area (TPSA) is 135 Å². The van der Waals surface area contributed by atoms with Crippen molar-refractivity contribution in [2.75, 3.05) is 11.9 Å². The van der Waals surface area contributed by atoms with E-state index in [1.165, 1.54) is 47.2 Å². The van der Waals surface area contributed by atoms with Crippen molar-refractivity contribution in [3.8, 4) is 0 Å². The largest absolute Gasteiger partial charge is 0.317 e. The van der Waals surface area contributed by atoms with E-state index >= 15 is 0 Å². The van der Waals surface area contributed by atoms with E-state index in [1.807, 2.05) is 0 Å². The number of nitrogens with one attached hydrogen (secondary N) is 1. The molecule has 0 unspecified atom stereocenters. The minimum atomic E-state index is -4.41. The van der Waals surface area contributed by atoms with E-state index in [9.17, 15) is 31.2 Å². The number of hydrogen-bond donors (Lipinski definition) is 1. The summed E-state index contributed by atoms with van der Waals surface area (Å²) in [5.41, 5.74) is -0.173. The van der Waals surface area contributed by atoms with Crippen LogP contribution in [0.5, 0.6) is 0 Å². The molecule has 12 heteroatoms. The average molecular weight is 561 g/mol. The molecule has 3 aromatic rings. The van der Waals surface area contributed by atoms with Gasteiger partial charge in [0, 0.05) is 17.3 Å². The number of thiophene rings is 1. The van der Waals surface area contributed by atoms with Crippen LogP contribution in [0, 0.1) is 5.92 Å². The number of benzene rings is 2. The molecule has 0 atom stereocenters. The lowest BCUT2D eigenvalue weighted by Crippen LogP contribution is -2.46. The van der Waals surface area contributed by atoms with E-state index in [2.05, 4.69) is 5.32 Å². The molecule has 1 N–H and O–H groups in total. The summed E-state index contributed by atoms with van der Waals surface area (Å²) in [5.74, 6) is -4.65. The van der Waals surface area contributed by atoms with Gasteiger partial charge in [0.25, 0.3) is 10.0 Å². The van der Waals surface area contributed by atoms with Crippen molar-refractivity contribution in [1.82, 2.24) is 4.31 Å². The van der Waals surface area contributed by atoms with Gasteiger partial charge in [0.1, 0.15) is 4.90 Å². The Morgan fingerprint density at radius 3 is 2.00 bits per heavy atom. The van der Waals surface area contributed by atoms with Gasteiger partial charge in [0.05, 0.1) is 15.5 Å². The highest BCUT2D eigenvalue weighted by Crippen LogP contribution is 2.31. The molecule has 0 radical (unpaired) electrons. The second-order valence-electron chi connectivity index (χ2n) is 8.55. The summed E-state index contributed by atoms with van der Waals surface area (Å²) in [5, 5.41) is 4.81. The number of carbonyl (C=O) groups excluding carboxylic acids is 3. The molecule has 0 bridgehead atoms. The maximum absolute atomic E-state index is 13.3. The van der Waals surface area contributed by atoms with Gasteiger partial charge >= 0.3 is 17.6 Å². The third-order valence-electron chi connectivity index (χ3n) is 6.07. The Balaban J connectivity index is 1.59. The SMILES string of the molecule is O=C(Nc1cscc1S(=O)(=O)c1ccccc1)C(=O)C(=O)N(CC1CCCC1)S(=O)(=O)c1ccccc1. The molecular formula is C25H24N2O7S3. The van der Waals surface area contributed by atoms with Gasteiger partial charge in [-0.05, 0) is 43.0 Å². The van der Waals surface area contributed by atoms with Gasteiger partial charge in [-0.25, -0.2) is 21.1 Å². The van der Waals surface area contributed by atoms with E-state index in [1.54, 1.807) is 24.3 Å². The summed E-state index contributed by atoms with van der Waals surface area (Å²) in [7, 11) is -8.42. The van der Waals surface area contributed by atoms with Crippen LogP contribution in [0.3, 0.4) is 0 Å². The standard InChI is InChI=1S/C25H24N2O7S3/c28-23(24(29)26-21-16-35-17-22(21)36(31,32)19-11-3-1-4-12-19)25(30)27(15-18-9-7-8-10-18)37(33,34)20-13-5-2-6-14-20/h1-6,11-14,16-18H,7-10,15H2,(H,26,29). The fraction of sp³-hybridized carbons (Fsp3) is 0.240. The highest BCUT2D eigenvalue weighted by Gasteiger charge is 2.38. The molecule has 37 heavy (non-hydrogen) atoms. The van der Waals surface area contributed by atoms with Crippen molar-refractivity contribution in [1.29, 1.82) is 0 Å². The molecule has 194 valence electrons. The van der Waals surface area contributed by atoms with Gasteiger partial charge in [-0.2, -0.15) is 0 Å². The predicted octanol–water partition coefficient (Wildman–Crippen LogP) is 3.50. The normalized spacial score (nSPS) is 14.3. The van der Waals surface area contributed by atoms with Crippen LogP contribution in [0.15, 0.2) is 86.1 Å². The highest BCUT2D eigenvalue weighted by molar-refractivity contribution is 7.91. The van der Waals surface area contributed by atoms with Crippen LogP contribution in [-0.4, -0.2) is 45.3 Å². The lowest BCUT2D eigenvalue weighted by Gasteiger charge is -2.24. The molecular weight excluding hydrogens is 536 g/mol. The average Bonchev–Trinajstić information content (AvgIpc) is 3.60. The number of rotatable bonds is 9. The zero-order valence-corrected chi connectivity index (χ0v) is 22.0. The lowest BCUT2D eigenvalue weighted by molar-refractivity contribution is -0.146. The van der Waals surface area contributed by atoms with E-state index in [4.69, 9.17) is 0 Å². The molecule has 1 aliphatic rings. The van der Waals surface area contributed by atoms with E-state index in [0.29, 0.717) is 17.1 Å². The Labute approximate surface area is 219 Å². The van der Waals surface area contributed by atoms with Crippen LogP contribution in [0.1, 0.15) is 25.7 Å². The number of carbonyl (C=O) groups is 3. The number of hydrogen-bond acceptors (Lipinski definition) is 8. The van der Waals surface area contributed by atoms with Crippen molar-refractivity contribution in [2.24, 2.45) is 5.92 Å². The number of anilines is 1. The molecule has 0 saturated heterocycles. The molecule has 1 heterocycles. The number of nitrogens with zero attached hydrogens (tertiary/aromatic N) is 1. The molecule has 4 rings (SSSR count). The number of sulfonamides is 1. The Kier molecular flexibility index (Phi) is 7.90. The van der Waals surface area contributed by atoms with Gasteiger partial charge in [0.2, 0.25) is 9.84 Å². The molecule has 2 aromatic carbocycles. The Bertz CT molecular complexity index is 1510. The van der Waals surface area contributed by atoms with Crippen molar-refractivity contribution in [3.63, 3.8) is 0 Å². The molecule has 1 saturated carbocycles. The van der Waals surface area contributed by atoms with Gasteiger partial charge in [0.15, 0.2) is 0 Å². The minimum absolute atomic E-state index is 0.0111. The van der Waals surface area contributed by atoms with Crippen LogP contribution in [0.4, 0.5) is 5.69 Å². The van der Waals surface area contributed by atoms with Gasteiger partial charge in [-0.1, -0.05) is 49.2 Å². The van der Waals surface area contributed by atoms with Crippen LogP contribution < -0.4 is 5.32 Å². The second kappa shape index (κ2) is 11.0. The summed E-state index contributed by atoms with van der Waals surface area (Å²) in [6.07, 6.45) is 3.15. The summed E-state index contributed by atoms with van der Waals surface area (Å²) in [6, 6.07) is 14.7. The van der Waals surface area contributed by atoms with E-state index in [-0.39, 0.29) is 32.8 Å². The maximum atomic E-state index is 13.3. The monoisotopic (exact) mass is 560 g/mol.